The van der Waals surface area contributed by atoms with Crippen LogP contribution in [0.3, 0.4) is 0 Å². The lowest BCUT2D eigenvalue weighted by atomic mass is 9.96. The second kappa shape index (κ2) is 7.06. The highest BCUT2D eigenvalue weighted by Gasteiger charge is 2.43. The molecule has 28 heavy (non-hydrogen) atoms. The second-order valence-corrected chi connectivity index (χ2v) is 8.24. The zero-order valence-electron chi connectivity index (χ0n) is 16.3. The number of carbonyl (C=O) groups excluding carboxylic acids is 1. The Bertz CT molecular complexity index is 1050. The van der Waals surface area contributed by atoms with E-state index in [4.69, 9.17) is 0 Å². The van der Waals surface area contributed by atoms with Crippen LogP contribution in [0.1, 0.15) is 34.5 Å². The first-order valence-corrected chi connectivity index (χ1v) is 10.3. The van der Waals surface area contributed by atoms with E-state index in [-0.39, 0.29) is 5.92 Å². The summed E-state index contributed by atoms with van der Waals surface area (Å²) in [5.41, 5.74) is 6.19. The van der Waals surface area contributed by atoms with Crippen molar-refractivity contribution in [1.82, 2.24) is 9.88 Å². The number of aryl methyl sites for hydroxylation is 1. The molecule has 2 aromatic carbocycles. The molecule has 1 N–H and O–H groups in total. The highest BCUT2D eigenvalue weighted by atomic mass is 16.1. The smallest absolute Gasteiger partial charge is 0.166 e. The van der Waals surface area contributed by atoms with Gasteiger partial charge in [0.15, 0.2) is 5.78 Å². The first-order valence-electron chi connectivity index (χ1n) is 10.3. The maximum Gasteiger partial charge on any atom is 0.166 e. The molecule has 0 amide bonds. The zero-order chi connectivity index (χ0) is 19.1. The van der Waals surface area contributed by atoms with Gasteiger partial charge in [-0.25, -0.2) is 0 Å². The molecule has 3 nitrogen and oxygen atoms in total. The Balaban J connectivity index is 1.23. The largest absolute Gasteiger partial charge is 0.358 e. The third-order valence-electron chi connectivity index (χ3n) is 6.32. The van der Waals surface area contributed by atoms with Crippen molar-refractivity contribution in [1.29, 1.82) is 0 Å². The van der Waals surface area contributed by atoms with Crippen LogP contribution in [0.2, 0.25) is 0 Å². The van der Waals surface area contributed by atoms with Crippen LogP contribution >= 0.6 is 0 Å². The van der Waals surface area contributed by atoms with E-state index in [1.807, 2.05) is 30.3 Å². The lowest BCUT2D eigenvalue weighted by Gasteiger charge is -2.26. The number of rotatable bonds is 5. The van der Waals surface area contributed by atoms with Crippen molar-refractivity contribution >= 4 is 22.3 Å². The molecule has 3 aromatic rings. The maximum absolute atomic E-state index is 12.6. The standard InChI is InChI=1S/C25H26N2O/c1-17-24(21-9-5-6-10-23(21)26-17)18-11-13-27(14-12-18)16-20-15-22(20)25(28)19-7-3-2-4-8-19/h2-11,20,22,26H,12-16H2,1H3. The van der Waals surface area contributed by atoms with Crippen molar-refractivity contribution in [3.63, 3.8) is 0 Å². The average molecular weight is 370 g/mol. The quantitative estimate of drug-likeness (QED) is 0.636. The van der Waals surface area contributed by atoms with Crippen LogP contribution in [0.4, 0.5) is 0 Å². The summed E-state index contributed by atoms with van der Waals surface area (Å²) >= 11 is 0. The molecule has 2 heterocycles. The van der Waals surface area contributed by atoms with Crippen molar-refractivity contribution < 1.29 is 4.79 Å². The fraction of sp³-hybridized carbons (Fsp3) is 0.320. The van der Waals surface area contributed by atoms with E-state index in [2.05, 4.69) is 47.1 Å². The van der Waals surface area contributed by atoms with E-state index in [9.17, 15) is 4.79 Å². The van der Waals surface area contributed by atoms with Gasteiger partial charge in [-0.3, -0.25) is 9.69 Å². The normalized spacial score (nSPS) is 22.2. The number of fused-ring (bicyclic) bond motifs is 1. The van der Waals surface area contributed by atoms with Crippen LogP contribution in [-0.2, 0) is 0 Å². The minimum absolute atomic E-state index is 0.226. The number of benzene rings is 2. The van der Waals surface area contributed by atoms with Gasteiger partial charge in [-0.1, -0.05) is 54.6 Å². The van der Waals surface area contributed by atoms with Gasteiger partial charge in [0.25, 0.3) is 0 Å². The minimum Gasteiger partial charge on any atom is -0.358 e. The number of aromatic nitrogens is 1. The van der Waals surface area contributed by atoms with Crippen LogP contribution in [0.5, 0.6) is 0 Å². The predicted molar refractivity (Wildman–Crippen MR) is 114 cm³/mol. The van der Waals surface area contributed by atoms with E-state index in [1.165, 1.54) is 27.7 Å². The zero-order valence-corrected chi connectivity index (χ0v) is 16.3. The van der Waals surface area contributed by atoms with Gasteiger partial charge in [0, 0.05) is 53.3 Å². The fourth-order valence-corrected chi connectivity index (χ4v) is 4.71. The summed E-state index contributed by atoms with van der Waals surface area (Å²) in [5.74, 6) is 1.08. The number of H-pyrrole nitrogens is 1. The number of nitrogens with one attached hydrogen (secondary N) is 1. The number of nitrogens with zero attached hydrogens (tertiary/aromatic N) is 1. The molecule has 0 spiro atoms. The van der Waals surface area contributed by atoms with Crippen molar-refractivity contribution in [2.45, 2.75) is 19.8 Å². The molecule has 1 aliphatic heterocycles. The van der Waals surface area contributed by atoms with Gasteiger partial charge in [-0.05, 0) is 37.3 Å². The molecule has 142 valence electrons. The Morgan fingerprint density at radius 3 is 2.68 bits per heavy atom. The highest BCUT2D eigenvalue weighted by Crippen LogP contribution is 2.42. The predicted octanol–water partition coefficient (Wildman–Crippen LogP) is 5.08. The molecular weight excluding hydrogens is 344 g/mol. The Labute approximate surface area is 166 Å². The number of carbonyl (C=O) groups is 1. The Kier molecular flexibility index (Phi) is 4.40. The number of Topliss-reactive ketones (excluding diaryl/α,β-unsaturated/α-hetero) is 1. The molecule has 5 rings (SSSR count). The Morgan fingerprint density at radius 2 is 1.89 bits per heavy atom. The van der Waals surface area contributed by atoms with E-state index in [1.54, 1.807) is 0 Å². The van der Waals surface area contributed by atoms with Crippen LogP contribution in [0, 0.1) is 18.8 Å². The average Bonchev–Trinajstić information content (AvgIpc) is 3.41. The number of para-hydroxylation sites is 1. The lowest BCUT2D eigenvalue weighted by molar-refractivity contribution is 0.0957. The SMILES string of the molecule is Cc1[nH]c2ccccc2c1C1=CCN(CC2CC2C(=O)c2ccccc2)CC1. The van der Waals surface area contributed by atoms with Gasteiger partial charge in [-0.2, -0.15) is 0 Å². The maximum atomic E-state index is 12.6. The van der Waals surface area contributed by atoms with Crippen LogP contribution in [-0.4, -0.2) is 35.3 Å². The molecule has 0 bridgehead atoms. The van der Waals surface area contributed by atoms with Gasteiger partial charge in [0.1, 0.15) is 0 Å². The Morgan fingerprint density at radius 1 is 1.11 bits per heavy atom. The summed E-state index contributed by atoms with van der Waals surface area (Å²) < 4.78 is 0. The van der Waals surface area contributed by atoms with Gasteiger partial charge in [0.05, 0.1) is 0 Å². The van der Waals surface area contributed by atoms with Gasteiger partial charge in [0.2, 0.25) is 0 Å². The van der Waals surface area contributed by atoms with Crippen LogP contribution in [0.25, 0.3) is 16.5 Å². The number of hydrogen-bond acceptors (Lipinski definition) is 2. The topological polar surface area (TPSA) is 36.1 Å². The van der Waals surface area contributed by atoms with E-state index >= 15 is 0 Å². The second-order valence-electron chi connectivity index (χ2n) is 8.24. The molecule has 2 unspecified atom stereocenters. The molecule has 2 aliphatic rings. The third-order valence-corrected chi connectivity index (χ3v) is 6.32. The van der Waals surface area contributed by atoms with Crippen molar-refractivity contribution in [2.75, 3.05) is 19.6 Å². The number of ketones is 1. The summed E-state index contributed by atoms with van der Waals surface area (Å²) in [5, 5.41) is 1.33. The van der Waals surface area contributed by atoms with Crippen LogP contribution in [0.15, 0.2) is 60.7 Å². The van der Waals surface area contributed by atoms with Crippen LogP contribution < -0.4 is 0 Å². The summed E-state index contributed by atoms with van der Waals surface area (Å²) in [6.07, 6.45) is 4.51. The molecule has 1 fully saturated rings. The third kappa shape index (κ3) is 3.20. The highest BCUT2D eigenvalue weighted by molar-refractivity contribution is 5.99. The fourth-order valence-electron chi connectivity index (χ4n) is 4.71. The molecule has 1 aromatic heterocycles. The molecule has 2 atom stereocenters. The lowest BCUT2D eigenvalue weighted by Crippen LogP contribution is -2.31. The van der Waals surface area contributed by atoms with E-state index in [0.717, 1.165) is 38.0 Å². The molecule has 1 saturated carbocycles. The van der Waals surface area contributed by atoms with Crippen molar-refractivity contribution in [3.05, 3.63) is 77.5 Å². The van der Waals surface area contributed by atoms with Gasteiger partial charge >= 0.3 is 0 Å². The number of hydrogen-bond donors (Lipinski definition) is 1. The van der Waals surface area contributed by atoms with Crippen molar-refractivity contribution in [3.8, 4) is 0 Å². The Hall–Kier alpha value is -2.65. The monoisotopic (exact) mass is 370 g/mol. The summed E-state index contributed by atoms with van der Waals surface area (Å²) in [7, 11) is 0. The minimum atomic E-state index is 0.226. The van der Waals surface area contributed by atoms with Gasteiger partial charge < -0.3 is 4.98 Å². The van der Waals surface area contributed by atoms with Gasteiger partial charge in [-0.15, -0.1) is 0 Å². The molecule has 3 heteroatoms. The first-order chi connectivity index (χ1) is 13.7. The number of aromatic amines is 1. The van der Waals surface area contributed by atoms with Crippen molar-refractivity contribution in [2.24, 2.45) is 11.8 Å². The summed E-state index contributed by atoms with van der Waals surface area (Å²) in [6.45, 7) is 5.27. The van der Waals surface area contributed by atoms with E-state index in [0.29, 0.717) is 11.7 Å². The molecular formula is C25H26N2O. The summed E-state index contributed by atoms with van der Waals surface area (Å²) in [6, 6.07) is 18.3. The molecule has 0 saturated heterocycles. The van der Waals surface area contributed by atoms with E-state index < -0.39 is 0 Å². The summed E-state index contributed by atoms with van der Waals surface area (Å²) in [4.78, 5) is 18.6. The molecule has 0 radical (unpaired) electrons. The molecule has 1 aliphatic carbocycles. The first kappa shape index (κ1) is 17.4.